The van der Waals surface area contributed by atoms with Gasteiger partial charge in [-0.05, 0) is 42.8 Å². The summed E-state index contributed by atoms with van der Waals surface area (Å²) in [4.78, 5) is 22.8. The molecule has 0 bridgehead atoms. The van der Waals surface area contributed by atoms with Crippen LogP contribution in [-0.2, 0) is 4.79 Å². The van der Waals surface area contributed by atoms with E-state index in [0.29, 0.717) is 13.0 Å². The van der Waals surface area contributed by atoms with Gasteiger partial charge in [0.15, 0.2) is 5.13 Å². The van der Waals surface area contributed by atoms with Crippen molar-refractivity contribution in [2.24, 2.45) is 0 Å². The molecule has 0 saturated carbocycles. The average molecular weight is 510 g/mol. The number of aryl methyl sites for hydroxylation is 1. The van der Waals surface area contributed by atoms with Gasteiger partial charge in [-0.2, -0.15) is 0 Å². The molecule has 9 heteroatoms. The van der Waals surface area contributed by atoms with Crippen LogP contribution in [-0.4, -0.2) is 60.8 Å². The average Bonchev–Trinajstić information content (AvgIpc) is 3.25. The highest BCUT2D eigenvalue weighted by molar-refractivity contribution is 7.99. The molecule has 5 nitrogen and oxygen atoms in total. The molecular weight excluding hydrogens is 483 g/mol. The first-order valence-corrected chi connectivity index (χ1v) is 13.2. The van der Waals surface area contributed by atoms with Crippen LogP contribution in [0.3, 0.4) is 0 Å². The van der Waals surface area contributed by atoms with E-state index in [2.05, 4.69) is 22.0 Å². The third-order valence-corrected chi connectivity index (χ3v) is 8.33. The van der Waals surface area contributed by atoms with Crippen LogP contribution in [0.5, 0.6) is 0 Å². The topological polar surface area (TPSA) is 48.5 Å². The summed E-state index contributed by atoms with van der Waals surface area (Å²) in [6.07, 6.45) is 0.515. The summed E-state index contributed by atoms with van der Waals surface area (Å²) in [5, 5.41) is 5.59. The number of anilines is 1. The molecule has 1 N–H and O–H groups in total. The number of thiazole rings is 1. The van der Waals surface area contributed by atoms with Crippen molar-refractivity contribution in [1.82, 2.24) is 15.2 Å². The maximum absolute atomic E-state index is 12.1. The Morgan fingerprint density at radius 2 is 1.88 bits per heavy atom. The molecule has 1 saturated heterocycles. The highest BCUT2D eigenvalue weighted by Crippen LogP contribution is 2.35. The van der Waals surface area contributed by atoms with E-state index in [9.17, 15) is 4.79 Å². The minimum absolute atomic E-state index is 0.104. The van der Waals surface area contributed by atoms with E-state index in [0.717, 1.165) is 74.3 Å². The van der Waals surface area contributed by atoms with E-state index >= 15 is 0 Å². The fraction of sp³-hybridized carbons (Fsp3) is 0.391. The molecule has 170 valence electrons. The van der Waals surface area contributed by atoms with E-state index in [1.54, 1.807) is 23.1 Å². The number of hydrogen-bond donors (Lipinski definition) is 1. The van der Waals surface area contributed by atoms with Crippen LogP contribution in [0, 0.1) is 6.92 Å². The molecule has 1 amide bonds. The number of fused-ring (bicyclic) bond motifs is 1. The molecule has 0 aliphatic carbocycles. The molecule has 1 aliphatic heterocycles. The second kappa shape index (κ2) is 11.1. The number of carbonyl (C=O) groups excluding carboxylic acids is 1. The number of nitrogens with zero attached hydrogens (tertiary/aromatic N) is 3. The van der Waals surface area contributed by atoms with Crippen LogP contribution in [0.25, 0.3) is 10.2 Å². The van der Waals surface area contributed by atoms with Gasteiger partial charge in [-0.3, -0.25) is 9.69 Å². The van der Waals surface area contributed by atoms with Gasteiger partial charge in [-0.15, -0.1) is 11.8 Å². The quantitative estimate of drug-likeness (QED) is 0.416. The summed E-state index contributed by atoms with van der Waals surface area (Å²) in [6, 6.07) is 11.7. The van der Waals surface area contributed by atoms with Crippen molar-refractivity contribution in [2.45, 2.75) is 18.2 Å². The minimum atomic E-state index is 0.104. The Kier molecular flexibility index (Phi) is 8.18. The summed E-state index contributed by atoms with van der Waals surface area (Å²) in [5.41, 5.74) is 2.17. The molecule has 0 spiro atoms. The molecule has 32 heavy (non-hydrogen) atoms. The van der Waals surface area contributed by atoms with Gasteiger partial charge in [0.1, 0.15) is 0 Å². The summed E-state index contributed by atoms with van der Waals surface area (Å²) in [5.74, 6) is 0.865. The van der Waals surface area contributed by atoms with Crippen LogP contribution in [0.2, 0.25) is 10.0 Å². The molecule has 0 radical (unpaired) electrons. The number of aromatic nitrogens is 1. The zero-order chi connectivity index (χ0) is 22.5. The monoisotopic (exact) mass is 508 g/mol. The van der Waals surface area contributed by atoms with Gasteiger partial charge in [-0.25, -0.2) is 4.98 Å². The van der Waals surface area contributed by atoms with E-state index < -0.39 is 0 Å². The second-order valence-electron chi connectivity index (χ2n) is 7.77. The lowest BCUT2D eigenvalue weighted by Gasteiger charge is -2.34. The number of carbonyl (C=O) groups is 1. The van der Waals surface area contributed by atoms with Crippen molar-refractivity contribution in [3.63, 3.8) is 0 Å². The Balaban J connectivity index is 1.15. The molecule has 2 aromatic carbocycles. The number of hydrogen-bond acceptors (Lipinski definition) is 6. The smallest absolute Gasteiger partial charge is 0.220 e. The number of piperazine rings is 1. The summed E-state index contributed by atoms with van der Waals surface area (Å²) >= 11 is 15.6. The van der Waals surface area contributed by atoms with Crippen molar-refractivity contribution >= 4 is 67.6 Å². The first kappa shape index (κ1) is 23.6. The van der Waals surface area contributed by atoms with E-state index in [1.807, 2.05) is 36.4 Å². The minimum Gasteiger partial charge on any atom is -0.355 e. The normalized spacial score (nSPS) is 14.8. The maximum atomic E-state index is 12.1. The maximum Gasteiger partial charge on any atom is 0.220 e. The predicted molar refractivity (Wildman–Crippen MR) is 138 cm³/mol. The molecule has 0 atom stereocenters. The summed E-state index contributed by atoms with van der Waals surface area (Å²) in [7, 11) is 0. The Bertz CT molecular complexity index is 1030. The summed E-state index contributed by atoms with van der Waals surface area (Å²) < 4.78 is 1.07. The molecule has 3 aromatic rings. The van der Waals surface area contributed by atoms with Gasteiger partial charge in [0.25, 0.3) is 0 Å². The Labute approximate surface area is 207 Å². The zero-order valence-corrected chi connectivity index (χ0v) is 21.1. The first-order chi connectivity index (χ1) is 15.5. The summed E-state index contributed by atoms with van der Waals surface area (Å²) in [6.45, 7) is 7.42. The predicted octanol–water partition coefficient (Wildman–Crippen LogP) is 5.33. The van der Waals surface area contributed by atoms with Crippen LogP contribution in [0.1, 0.15) is 12.0 Å². The Morgan fingerprint density at radius 1 is 1.12 bits per heavy atom. The number of thioether (sulfide) groups is 1. The highest BCUT2D eigenvalue weighted by Gasteiger charge is 2.20. The highest BCUT2D eigenvalue weighted by atomic mass is 35.5. The molecule has 2 heterocycles. The van der Waals surface area contributed by atoms with Gasteiger partial charge in [0.05, 0.1) is 15.2 Å². The van der Waals surface area contributed by atoms with Gasteiger partial charge in [0, 0.05) is 61.4 Å². The lowest BCUT2D eigenvalue weighted by atomic mass is 10.2. The zero-order valence-electron chi connectivity index (χ0n) is 17.9. The number of halogens is 2. The molecular formula is C23H26Cl2N4OS2. The fourth-order valence-electron chi connectivity index (χ4n) is 3.62. The van der Waals surface area contributed by atoms with Crippen molar-refractivity contribution in [3.8, 4) is 0 Å². The second-order valence-corrected chi connectivity index (χ2v) is 10.8. The molecule has 1 fully saturated rings. The van der Waals surface area contributed by atoms with E-state index in [1.165, 1.54) is 0 Å². The van der Waals surface area contributed by atoms with E-state index in [4.69, 9.17) is 28.2 Å². The molecule has 0 unspecified atom stereocenters. The van der Waals surface area contributed by atoms with Crippen LogP contribution in [0.15, 0.2) is 41.3 Å². The van der Waals surface area contributed by atoms with Gasteiger partial charge >= 0.3 is 0 Å². The molecule has 4 rings (SSSR count). The van der Waals surface area contributed by atoms with Gasteiger partial charge < -0.3 is 10.2 Å². The number of rotatable bonds is 8. The third-order valence-electron chi connectivity index (χ3n) is 5.49. The lowest BCUT2D eigenvalue weighted by molar-refractivity contribution is -0.120. The van der Waals surface area contributed by atoms with Crippen LogP contribution < -0.4 is 10.2 Å². The lowest BCUT2D eigenvalue weighted by Crippen LogP contribution is -2.48. The Morgan fingerprint density at radius 3 is 2.59 bits per heavy atom. The largest absolute Gasteiger partial charge is 0.355 e. The van der Waals surface area contributed by atoms with Crippen molar-refractivity contribution in [2.75, 3.05) is 49.9 Å². The third kappa shape index (κ3) is 6.08. The van der Waals surface area contributed by atoms with Crippen LogP contribution >= 0.6 is 46.3 Å². The van der Waals surface area contributed by atoms with E-state index in [-0.39, 0.29) is 5.91 Å². The van der Waals surface area contributed by atoms with Crippen LogP contribution in [0.4, 0.5) is 5.13 Å². The molecule has 1 aliphatic rings. The number of benzene rings is 2. The van der Waals surface area contributed by atoms with Crippen molar-refractivity contribution < 1.29 is 4.79 Å². The van der Waals surface area contributed by atoms with Crippen molar-refractivity contribution in [3.05, 3.63) is 52.0 Å². The molecule has 1 aromatic heterocycles. The number of amides is 1. The SMILES string of the molecule is Cc1ccc(Cl)c2sc(N3CCN(CCNC(=O)CCSc4ccc(Cl)cc4)CC3)nc12. The number of nitrogens with one attached hydrogen (secondary N) is 1. The Hall–Kier alpha value is -1.51. The standard InChI is InChI=1S/C23H26Cl2N4OS2/c1-16-2-7-19(25)22-21(16)27-23(32-22)29-13-11-28(12-14-29)10-9-26-20(30)8-15-31-18-5-3-17(24)4-6-18/h2-7H,8-15H2,1H3,(H,26,30). The first-order valence-electron chi connectivity index (χ1n) is 10.7. The van der Waals surface area contributed by atoms with Gasteiger partial charge in [-0.1, -0.05) is 40.6 Å². The fourth-order valence-corrected chi connectivity index (χ4v) is 5.97. The van der Waals surface area contributed by atoms with Gasteiger partial charge in [0.2, 0.25) is 5.91 Å². The van der Waals surface area contributed by atoms with Crippen molar-refractivity contribution in [1.29, 1.82) is 0 Å².